The van der Waals surface area contributed by atoms with Crippen molar-refractivity contribution in [2.75, 3.05) is 7.11 Å². The number of aryl methyl sites for hydroxylation is 2. The van der Waals surface area contributed by atoms with Crippen molar-refractivity contribution in [1.29, 1.82) is 0 Å². The zero-order valence-electron chi connectivity index (χ0n) is 12.1. The summed E-state index contributed by atoms with van der Waals surface area (Å²) in [6.07, 6.45) is 0. The Morgan fingerprint density at radius 1 is 1.00 bits per heavy atom. The van der Waals surface area contributed by atoms with Crippen molar-refractivity contribution in [3.8, 4) is 11.5 Å². The highest BCUT2D eigenvalue weighted by atomic mass is 16.5. The Morgan fingerprint density at radius 2 is 1.70 bits per heavy atom. The smallest absolute Gasteiger partial charge is 0.125 e. The third kappa shape index (κ3) is 3.52. The lowest BCUT2D eigenvalue weighted by Gasteiger charge is -2.12. The van der Waals surface area contributed by atoms with Crippen LogP contribution in [0.25, 0.3) is 0 Å². The highest BCUT2D eigenvalue weighted by Gasteiger charge is 2.06. The second-order valence-electron chi connectivity index (χ2n) is 4.92. The number of benzene rings is 2. The van der Waals surface area contributed by atoms with Crippen molar-refractivity contribution in [2.24, 2.45) is 0 Å². The van der Waals surface area contributed by atoms with E-state index in [0.717, 1.165) is 22.6 Å². The Kier molecular flexibility index (Phi) is 4.64. The molecule has 0 saturated carbocycles. The molecule has 0 spiro atoms. The molecule has 0 fully saturated rings. The van der Waals surface area contributed by atoms with Gasteiger partial charge in [0.25, 0.3) is 0 Å². The molecule has 0 saturated heterocycles. The van der Waals surface area contributed by atoms with Gasteiger partial charge >= 0.3 is 0 Å². The van der Waals surface area contributed by atoms with Crippen LogP contribution in [0.15, 0.2) is 36.4 Å². The van der Waals surface area contributed by atoms with Gasteiger partial charge in [-0.1, -0.05) is 12.1 Å². The van der Waals surface area contributed by atoms with Gasteiger partial charge in [0.2, 0.25) is 0 Å². The summed E-state index contributed by atoms with van der Waals surface area (Å²) in [6.45, 7) is 4.53. The molecule has 0 atom stereocenters. The van der Waals surface area contributed by atoms with Crippen LogP contribution in [0.1, 0.15) is 22.3 Å². The van der Waals surface area contributed by atoms with Crippen molar-refractivity contribution in [3.05, 3.63) is 58.7 Å². The van der Waals surface area contributed by atoms with Crippen molar-refractivity contribution in [3.63, 3.8) is 0 Å². The lowest BCUT2D eigenvalue weighted by Crippen LogP contribution is -2.00. The van der Waals surface area contributed by atoms with Crippen LogP contribution in [0.5, 0.6) is 11.5 Å². The molecule has 2 aromatic carbocycles. The number of aliphatic hydroxyl groups excluding tert-OH is 1. The highest BCUT2D eigenvalue weighted by Crippen LogP contribution is 2.23. The van der Waals surface area contributed by atoms with E-state index in [1.807, 2.05) is 44.2 Å². The molecule has 0 radical (unpaired) electrons. The second kappa shape index (κ2) is 6.44. The average Bonchev–Trinajstić information content (AvgIpc) is 2.43. The Hall–Kier alpha value is -2.00. The van der Waals surface area contributed by atoms with Crippen molar-refractivity contribution in [1.82, 2.24) is 0 Å². The van der Waals surface area contributed by atoms with E-state index in [2.05, 4.69) is 6.07 Å². The van der Waals surface area contributed by atoms with Crippen molar-refractivity contribution < 1.29 is 14.6 Å². The van der Waals surface area contributed by atoms with Gasteiger partial charge in [0.05, 0.1) is 13.7 Å². The van der Waals surface area contributed by atoms with Crippen molar-refractivity contribution >= 4 is 0 Å². The van der Waals surface area contributed by atoms with Crippen LogP contribution in [0.3, 0.4) is 0 Å². The van der Waals surface area contributed by atoms with Gasteiger partial charge in [-0.15, -0.1) is 0 Å². The van der Waals surface area contributed by atoms with Gasteiger partial charge in [0, 0.05) is 5.56 Å². The first-order chi connectivity index (χ1) is 9.62. The monoisotopic (exact) mass is 272 g/mol. The first-order valence-electron chi connectivity index (χ1n) is 6.60. The average molecular weight is 272 g/mol. The molecule has 3 nitrogen and oxygen atoms in total. The van der Waals surface area contributed by atoms with Gasteiger partial charge in [-0.25, -0.2) is 0 Å². The molecular weight excluding hydrogens is 252 g/mol. The molecule has 0 amide bonds. The number of methoxy groups -OCH3 is 1. The van der Waals surface area contributed by atoms with E-state index in [9.17, 15) is 5.11 Å². The Morgan fingerprint density at radius 3 is 2.30 bits per heavy atom. The molecule has 0 aliphatic rings. The van der Waals surface area contributed by atoms with Crippen LogP contribution in [0.2, 0.25) is 0 Å². The van der Waals surface area contributed by atoms with E-state index >= 15 is 0 Å². The number of aliphatic hydroxyl groups is 1. The summed E-state index contributed by atoms with van der Waals surface area (Å²) < 4.78 is 11.2. The molecule has 20 heavy (non-hydrogen) atoms. The second-order valence-corrected chi connectivity index (χ2v) is 4.92. The van der Waals surface area contributed by atoms with E-state index in [4.69, 9.17) is 9.47 Å². The summed E-state index contributed by atoms with van der Waals surface area (Å²) in [5.74, 6) is 1.62. The van der Waals surface area contributed by atoms with Crippen LogP contribution in [0, 0.1) is 13.8 Å². The minimum atomic E-state index is 0.0144. The molecule has 0 heterocycles. The normalized spacial score (nSPS) is 10.4. The fourth-order valence-corrected chi connectivity index (χ4v) is 2.22. The topological polar surface area (TPSA) is 38.7 Å². The number of hydrogen-bond acceptors (Lipinski definition) is 3. The molecule has 2 aromatic rings. The molecular formula is C17H20O3. The first-order valence-corrected chi connectivity index (χ1v) is 6.60. The minimum Gasteiger partial charge on any atom is -0.496 e. The summed E-state index contributed by atoms with van der Waals surface area (Å²) >= 11 is 0. The number of hydrogen-bond donors (Lipinski definition) is 1. The predicted molar refractivity (Wildman–Crippen MR) is 79.2 cm³/mol. The Bertz CT molecular complexity index is 571. The zero-order chi connectivity index (χ0) is 14.5. The Labute approximate surface area is 119 Å². The van der Waals surface area contributed by atoms with Crippen LogP contribution >= 0.6 is 0 Å². The molecule has 0 aliphatic carbocycles. The zero-order valence-corrected chi connectivity index (χ0v) is 12.1. The predicted octanol–water partition coefficient (Wildman–Crippen LogP) is 3.38. The Balaban J connectivity index is 2.17. The lowest BCUT2D eigenvalue weighted by atomic mass is 10.1. The van der Waals surface area contributed by atoms with Crippen LogP contribution in [-0.2, 0) is 13.2 Å². The van der Waals surface area contributed by atoms with Crippen LogP contribution in [-0.4, -0.2) is 12.2 Å². The van der Waals surface area contributed by atoms with Gasteiger partial charge < -0.3 is 14.6 Å². The van der Waals surface area contributed by atoms with E-state index in [1.165, 1.54) is 11.1 Å². The maximum atomic E-state index is 9.20. The molecule has 0 aromatic heterocycles. The molecule has 0 unspecified atom stereocenters. The quantitative estimate of drug-likeness (QED) is 0.906. The van der Waals surface area contributed by atoms with Gasteiger partial charge in [0.15, 0.2) is 0 Å². The fourth-order valence-electron chi connectivity index (χ4n) is 2.22. The molecule has 0 bridgehead atoms. The summed E-state index contributed by atoms with van der Waals surface area (Å²) in [4.78, 5) is 0. The van der Waals surface area contributed by atoms with Crippen LogP contribution in [0.4, 0.5) is 0 Å². The molecule has 1 N–H and O–H groups in total. The third-order valence-corrected chi connectivity index (χ3v) is 3.12. The van der Waals surface area contributed by atoms with E-state index in [-0.39, 0.29) is 6.61 Å². The molecule has 2 rings (SSSR count). The maximum absolute atomic E-state index is 9.20. The van der Waals surface area contributed by atoms with Gasteiger partial charge in [-0.05, 0) is 54.8 Å². The highest BCUT2D eigenvalue weighted by molar-refractivity contribution is 5.38. The van der Waals surface area contributed by atoms with E-state index in [1.54, 1.807) is 7.11 Å². The maximum Gasteiger partial charge on any atom is 0.125 e. The summed E-state index contributed by atoms with van der Waals surface area (Å²) in [7, 11) is 1.63. The molecule has 3 heteroatoms. The summed E-state index contributed by atoms with van der Waals surface area (Å²) in [5, 5.41) is 9.20. The van der Waals surface area contributed by atoms with Crippen LogP contribution < -0.4 is 9.47 Å². The van der Waals surface area contributed by atoms with E-state index < -0.39 is 0 Å². The number of rotatable bonds is 5. The van der Waals surface area contributed by atoms with E-state index in [0.29, 0.717) is 6.61 Å². The van der Waals surface area contributed by atoms with Crippen molar-refractivity contribution in [2.45, 2.75) is 27.1 Å². The SMILES string of the molecule is COc1ccc(CO)cc1COc1cc(C)cc(C)c1. The summed E-state index contributed by atoms with van der Waals surface area (Å²) in [6, 6.07) is 11.7. The standard InChI is InChI=1S/C17H20O3/c1-12-6-13(2)8-16(7-12)20-11-15-9-14(10-18)4-5-17(15)19-3/h4-9,18H,10-11H2,1-3H3. The first kappa shape index (κ1) is 14.4. The van der Waals surface area contributed by atoms with Gasteiger partial charge in [-0.3, -0.25) is 0 Å². The fraction of sp³-hybridized carbons (Fsp3) is 0.294. The minimum absolute atomic E-state index is 0.0144. The van der Waals surface area contributed by atoms with Gasteiger partial charge in [0.1, 0.15) is 18.1 Å². The largest absolute Gasteiger partial charge is 0.496 e. The van der Waals surface area contributed by atoms with Gasteiger partial charge in [-0.2, -0.15) is 0 Å². The molecule has 0 aliphatic heterocycles. The number of ether oxygens (including phenoxy) is 2. The third-order valence-electron chi connectivity index (χ3n) is 3.12. The molecule has 106 valence electrons. The summed E-state index contributed by atoms with van der Waals surface area (Å²) in [5.41, 5.74) is 4.13. The lowest BCUT2D eigenvalue weighted by molar-refractivity contribution is 0.278.